The van der Waals surface area contributed by atoms with Gasteiger partial charge < -0.3 is 10.5 Å². The normalized spacial score (nSPS) is 29.1. The molecule has 0 aromatic carbocycles. The van der Waals surface area contributed by atoms with Gasteiger partial charge in [0, 0.05) is 6.61 Å². The summed E-state index contributed by atoms with van der Waals surface area (Å²) < 4.78 is 5.26. The fourth-order valence-electron chi connectivity index (χ4n) is 1.11. The number of ether oxygens (including phenoxy) is 1. The second-order valence-corrected chi connectivity index (χ2v) is 2.84. The molecule has 0 bridgehead atoms. The van der Waals surface area contributed by atoms with Crippen molar-refractivity contribution < 1.29 is 14.4 Å². The molecule has 1 saturated heterocycles. The van der Waals surface area contributed by atoms with Crippen molar-refractivity contribution in [2.45, 2.75) is 25.5 Å². The minimum atomic E-state index is -0.478. The SMILES string of the molecule is CC1OCCC1NOCC(N)=O. The molecule has 0 aromatic heterocycles. The van der Waals surface area contributed by atoms with Crippen LogP contribution in [0.4, 0.5) is 0 Å². The van der Waals surface area contributed by atoms with E-state index in [1.54, 1.807) is 0 Å². The van der Waals surface area contributed by atoms with E-state index in [1.807, 2.05) is 6.92 Å². The van der Waals surface area contributed by atoms with Gasteiger partial charge in [0.1, 0.15) is 6.61 Å². The van der Waals surface area contributed by atoms with Gasteiger partial charge in [0.2, 0.25) is 5.91 Å². The van der Waals surface area contributed by atoms with Gasteiger partial charge in [0.25, 0.3) is 0 Å². The predicted molar refractivity (Wildman–Crippen MR) is 42.1 cm³/mol. The van der Waals surface area contributed by atoms with Gasteiger partial charge in [0.15, 0.2) is 0 Å². The minimum Gasteiger partial charge on any atom is -0.377 e. The third-order valence-electron chi connectivity index (χ3n) is 1.83. The van der Waals surface area contributed by atoms with Crippen molar-refractivity contribution in [2.24, 2.45) is 5.73 Å². The van der Waals surface area contributed by atoms with Crippen molar-refractivity contribution >= 4 is 5.91 Å². The van der Waals surface area contributed by atoms with Gasteiger partial charge in [-0.05, 0) is 13.3 Å². The maximum absolute atomic E-state index is 10.3. The Hall–Kier alpha value is -0.650. The highest BCUT2D eigenvalue weighted by atomic mass is 16.7. The third kappa shape index (κ3) is 2.77. The highest BCUT2D eigenvalue weighted by Crippen LogP contribution is 2.11. The van der Waals surface area contributed by atoms with Gasteiger partial charge in [-0.3, -0.25) is 9.63 Å². The van der Waals surface area contributed by atoms with Gasteiger partial charge in [-0.25, -0.2) is 0 Å². The Balaban J connectivity index is 2.10. The summed E-state index contributed by atoms with van der Waals surface area (Å²) in [7, 11) is 0. The van der Waals surface area contributed by atoms with E-state index >= 15 is 0 Å². The van der Waals surface area contributed by atoms with Crippen LogP contribution in [-0.4, -0.2) is 31.3 Å². The Labute approximate surface area is 71.2 Å². The molecular formula is C7H14N2O3. The highest BCUT2D eigenvalue weighted by molar-refractivity contribution is 5.74. The molecule has 1 aliphatic rings. The monoisotopic (exact) mass is 174 g/mol. The molecule has 0 aliphatic carbocycles. The lowest BCUT2D eigenvalue weighted by atomic mass is 10.2. The Morgan fingerprint density at radius 3 is 3.08 bits per heavy atom. The molecule has 2 unspecified atom stereocenters. The molecule has 5 nitrogen and oxygen atoms in total. The summed E-state index contributed by atoms with van der Waals surface area (Å²) in [6.07, 6.45) is 1.04. The summed E-state index contributed by atoms with van der Waals surface area (Å²) in [6, 6.07) is 0.171. The van der Waals surface area contributed by atoms with Gasteiger partial charge in [-0.2, -0.15) is 5.48 Å². The fraction of sp³-hybridized carbons (Fsp3) is 0.857. The average Bonchev–Trinajstić information content (AvgIpc) is 2.36. The Bertz CT molecular complexity index is 163. The summed E-state index contributed by atoms with van der Waals surface area (Å²) in [6.45, 7) is 2.60. The number of primary amides is 1. The van der Waals surface area contributed by atoms with E-state index in [9.17, 15) is 4.79 Å². The van der Waals surface area contributed by atoms with E-state index in [2.05, 4.69) is 5.48 Å². The van der Waals surface area contributed by atoms with Crippen molar-refractivity contribution in [2.75, 3.05) is 13.2 Å². The first kappa shape index (κ1) is 9.44. The molecule has 0 aromatic rings. The Kier molecular flexibility index (Phi) is 3.46. The van der Waals surface area contributed by atoms with E-state index in [0.717, 1.165) is 13.0 Å². The number of nitrogens with one attached hydrogen (secondary N) is 1. The van der Waals surface area contributed by atoms with E-state index in [-0.39, 0.29) is 18.8 Å². The van der Waals surface area contributed by atoms with E-state index in [1.165, 1.54) is 0 Å². The summed E-state index contributed by atoms with van der Waals surface area (Å²) in [4.78, 5) is 15.1. The molecule has 12 heavy (non-hydrogen) atoms. The third-order valence-corrected chi connectivity index (χ3v) is 1.83. The number of hydroxylamine groups is 1. The van der Waals surface area contributed by atoms with Crippen molar-refractivity contribution in [3.05, 3.63) is 0 Å². The van der Waals surface area contributed by atoms with Crippen LogP contribution in [0.15, 0.2) is 0 Å². The molecule has 1 amide bonds. The Morgan fingerprint density at radius 2 is 2.58 bits per heavy atom. The average molecular weight is 174 g/mol. The largest absolute Gasteiger partial charge is 0.377 e. The van der Waals surface area contributed by atoms with Crippen LogP contribution in [0.1, 0.15) is 13.3 Å². The molecular weight excluding hydrogens is 160 g/mol. The summed E-state index contributed by atoms with van der Waals surface area (Å²) in [5.41, 5.74) is 7.61. The second-order valence-electron chi connectivity index (χ2n) is 2.84. The number of nitrogens with two attached hydrogens (primary N) is 1. The summed E-state index contributed by atoms with van der Waals surface area (Å²) >= 11 is 0. The number of carbonyl (C=O) groups excluding carboxylic acids is 1. The molecule has 0 spiro atoms. The number of amides is 1. The lowest BCUT2D eigenvalue weighted by molar-refractivity contribution is -0.126. The molecule has 0 radical (unpaired) electrons. The van der Waals surface area contributed by atoms with E-state index in [0.29, 0.717) is 0 Å². The number of rotatable bonds is 4. The number of carbonyl (C=O) groups is 1. The van der Waals surface area contributed by atoms with Gasteiger partial charge in [-0.1, -0.05) is 0 Å². The minimum absolute atomic E-state index is 0.0940. The maximum atomic E-state index is 10.3. The van der Waals surface area contributed by atoms with Crippen LogP contribution in [0.5, 0.6) is 0 Å². The highest BCUT2D eigenvalue weighted by Gasteiger charge is 2.23. The van der Waals surface area contributed by atoms with Crippen molar-refractivity contribution in [1.82, 2.24) is 5.48 Å². The fourth-order valence-corrected chi connectivity index (χ4v) is 1.11. The standard InChI is InChI=1S/C7H14N2O3/c1-5-6(2-3-11-5)9-12-4-7(8)10/h5-6,9H,2-4H2,1H3,(H2,8,10). The van der Waals surface area contributed by atoms with Crippen LogP contribution in [0.2, 0.25) is 0 Å². The van der Waals surface area contributed by atoms with Crippen LogP contribution >= 0.6 is 0 Å². The lowest BCUT2D eigenvalue weighted by Gasteiger charge is -2.14. The molecule has 1 heterocycles. The Morgan fingerprint density at radius 1 is 1.83 bits per heavy atom. The van der Waals surface area contributed by atoms with Crippen LogP contribution in [0.3, 0.4) is 0 Å². The zero-order valence-electron chi connectivity index (χ0n) is 7.08. The molecule has 70 valence electrons. The topological polar surface area (TPSA) is 73.6 Å². The van der Waals surface area contributed by atoms with Crippen molar-refractivity contribution in [3.8, 4) is 0 Å². The van der Waals surface area contributed by atoms with Crippen molar-refractivity contribution in [1.29, 1.82) is 0 Å². The molecule has 1 rings (SSSR count). The second kappa shape index (κ2) is 4.39. The van der Waals surface area contributed by atoms with Gasteiger partial charge in [0.05, 0.1) is 12.1 Å². The lowest BCUT2D eigenvalue weighted by Crippen LogP contribution is -2.37. The zero-order valence-corrected chi connectivity index (χ0v) is 7.08. The zero-order chi connectivity index (χ0) is 8.97. The van der Waals surface area contributed by atoms with Crippen LogP contribution in [0, 0.1) is 0 Å². The number of hydrogen-bond donors (Lipinski definition) is 2. The van der Waals surface area contributed by atoms with Crippen molar-refractivity contribution in [3.63, 3.8) is 0 Å². The van der Waals surface area contributed by atoms with E-state index < -0.39 is 5.91 Å². The molecule has 1 aliphatic heterocycles. The maximum Gasteiger partial charge on any atom is 0.245 e. The first-order valence-corrected chi connectivity index (χ1v) is 3.97. The van der Waals surface area contributed by atoms with Crippen LogP contribution in [0.25, 0.3) is 0 Å². The molecule has 5 heteroatoms. The quantitative estimate of drug-likeness (QED) is 0.545. The van der Waals surface area contributed by atoms with Crippen LogP contribution < -0.4 is 11.2 Å². The molecule has 0 saturated carbocycles. The molecule has 3 N–H and O–H groups in total. The van der Waals surface area contributed by atoms with Gasteiger partial charge in [-0.15, -0.1) is 0 Å². The first-order valence-electron chi connectivity index (χ1n) is 3.97. The first-order chi connectivity index (χ1) is 5.70. The molecule has 1 fully saturated rings. The summed E-state index contributed by atoms with van der Waals surface area (Å²) in [5, 5.41) is 0. The summed E-state index contributed by atoms with van der Waals surface area (Å²) in [5.74, 6) is -0.478. The van der Waals surface area contributed by atoms with E-state index in [4.69, 9.17) is 15.3 Å². The smallest absolute Gasteiger partial charge is 0.245 e. The van der Waals surface area contributed by atoms with Crippen LogP contribution in [-0.2, 0) is 14.4 Å². The molecule has 2 atom stereocenters. The number of hydrogen-bond acceptors (Lipinski definition) is 4. The predicted octanol–water partition coefficient (Wildman–Crippen LogP) is -0.830. The van der Waals surface area contributed by atoms with Gasteiger partial charge >= 0.3 is 0 Å².